The SMILES string of the molecule is O=C(NCc1ccccc1CN1CCCC1)c1ccccc1[N+](=O)[O-]. The van der Waals surface area contributed by atoms with E-state index in [0.29, 0.717) is 6.54 Å². The van der Waals surface area contributed by atoms with Gasteiger partial charge in [0.05, 0.1) is 4.92 Å². The summed E-state index contributed by atoms with van der Waals surface area (Å²) in [5.41, 5.74) is 2.14. The van der Waals surface area contributed by atoms with E-state index in [-0.39, 0.29) is 11.3 Å². The van der Waals surface area contributed by atoms with Gasteiger partial charge in [-0.05, 0) is 43.1 Å². The van der Waals surface area contributed by atoms with Crippen molar-refractivity contribution in [2.75, 3.05) is 13.1 Å². The number of hydrogen-bond acceptors (Lipinski definition) is 4. The molecule has 6 heteroatoms. The van der Waals surface area contributed by atoms with E-state index >= 15 is 0 Å². The lowest BCUT2D eigenvalue weighted by atomic mass is 10.1. The lowest BCUT2D eigenvalue weighted by molar-refractivity contribution is -0.385. The normalized spacial score (nSPS) is 14.4. The predicted molar refractivity (Wildman–Crippen MR) is 95.2 cm³/mol. The Morgan fingerprint density at radius 2 is 1.68 bits per heavy atom. The van der Waals surface area contributed by atoms with Gasteiger partial charge in [0, 0.05) is 19.2 Å². The summed E-state index contributed by atoms with van der Waals surface area (Å²) < 4.78 is 0. The first-order valence-corrected chi connectivity index (χ1v) is 8.46. The molecule has 0 spiro atoms. The van der Waals surface area contributed by atoms with Crippen LogP contribution in [0.1, 0.15) is 34.3 Å². The van der Waals surface area contributed by atoms with Crippen LogP contribution in [-0.4, -0.2) is 28.8 Å². The maximum absolute atomic E-state index is 12.4. The molecule has 0 unspecified atom stereocenters. The van der Waals surface area contributed by atoms with Crippen LogP contribution < -0.4 is 5.32 Å². The fourth-order valence-corrected chi connectivity index (χ4v) is 3.16. The maximum Gasteiger partial charge on any atom is 0.282 e. The summed E-state index contributed by atoms with van der Waals surface area (Å²) in [5, 5.41) is 13.9. The van der Waals surface area contributed by atoms with Gasteiger partial charge in [-0.1, -0.05) is 36.4 Å². The van der Waals surface area contributed by atoms with Gasteiger partial charge in [0.25, 0.3) is 11.6 Å². The molecule has 6 nitrogen and oxygen atoms in total. The van der Waals surface area contributed by atoms with Crippen molar-refractivity contribution in [2.45, 2.75) is 25.9 Å². The Morgan fingerprint density at radius 3 is 2.40 bits per heavy atom. The first kappa shape index (κ1) is 17.1. The Labute approximate surface area is 146 Å². The van der Waals surface area contributed by atoms with E-state index < -0.39 is 10.8 Å². The van der Waals surface area contributed by atoms with E-state index in [9.17, 15) is 14.9 Å². The molecule has 0 atom stereocenters. The molecule has 1 saturated heterocycles. The fourth-order valence-electron chi connectivity index (χ4n) is 3.16. The van der Waals surface area contributed by atoms with E-state index in [2.05, 4.69) is 16.3 Å². The molecule has 25 heavy (non-hydrogen) atoms. The average Bonchev–Trinajstić information content (AvgIpc) is 3.13. The van der Waals surface area contributed by atoms with Crippen molar-refractivity contribution < 1.29 is 9.72 Å². The molecular formula is C19H21N3O3. The topological polar surface area (TPSA) is 75.5 Å². The Kier molecular flexibility index (Phi) is 5.40. The molecule has 3 rings (SSSR count). The highest BCUT2D eigenvalue weighted by atomic mass is 16.6. The number of carbonyl (C=O) groups excluding carboxylic acids is 1. The van der Waals surface area contributed by atoms with Gasteiger partial charge in [-0.3, -0.25) is 19.8 Å². The molecule has 1 N–H and O–H groups in total. The van der Waals surface area contributed by atoms with Gasteiger partial charge in [0.15, 0.2) is 0 Å². The molecule has 0 aliphatic carbocycles. The average molecular weight is 339 g/mol. The van der Waals surface area contributed by atoms with Gasteiger partial charge in [0.1, 0.15) is 5.56 Å². The van der Waals surface area contributed by atoms with Gasteiger partial charge < -0.3 is 5.32 Å². The van der Waals surface area contributed by atoms with Gasteiger partial charge in [-0.25, -0.2) is 0 Å². The Hall–Kier alpha value is -2.73. The van der Waals surface area contributed by atoms with Crippen LogP contribution in [0.2, 0.25) is 0 Å². The number of amides is 1. The summed E-state index contributed by atoms with van der Waals surface area (Å²) in [7, 11) is 0. The van der Waals surface area contributed by atoms with Crippen molar-refractivity contribution in [1.29, 1.82) is 0 Å². The summed E-state index contributed by atoms with van der Waals surface area (Å²) in [6.07, 6.45) is 2.47. The molecule has 1 heterocycles. The van der Waals surface area contributed by atoms with Crippen molar-refractivity contribution in [3.8, 4) is 0 Å². The number of carbonyl (C=O) groups is 1. The number of nitro benzene ring substituents is 1. The van der Waals surface area contributed by atoms with Crippen LogP contribution in [0.15, 0.2) is 48.5 Å². The van der Waals surface area contributed by atoms with E-state index in [4.69, 9.17) is 0 Å². The number of hydrogen-bond donors (Lipinski definition) is 1. The summed E-state index contributed by atoms with van der Waals surface area (Å²) in [5.74, 6) is -0.428. The second-order valence-electron chi connectivity index (χ2n) is 6.21. The number of likely N-dealkylation sites (tertiary alicyclic amines) is 1. The zero-order chi connectivity index (χ0) is 17.6. The molecule has 130 valence electrons. The van der Waals surface area contributed by atoms with Crippen LogP contribution in [0.3, 0.4) is 0 Å². The van der Waals surface area contributed by atoms with Gasteiger partial charge >= 0.3 is 0 Å². The fraction of sp³-hybridized carbons (Fsp3) is 0.316. The van der Waals surface area contributed by atoms with Crippen molar-refractivity contribution in [3.05, 3.63) is 75.3 Å². The number of para-hydroxylation sites is 1. The first-order chi connectivity index (χ1) is 12.1. The Morgan fingerprint density at radius 1 is 1.04 bits per heavy atom. The highest BCUT2D eigenvalue weighted by Gasteiger charge is 2.19. The highest BCUT2D eigenvalue weighted by molar-refractivity contribution is 5.98. The van der Waals surface area contributed by atoms with Crippen molar-refractivity contribution in [2.24, 2.45) is 0 Å². The lowest BCUT2D eigenvalue weighted by Crippen LogP contribution is -2.25. The molecular weight excluding hydrogens is 318 g/mol. The van der Waals surface area contributed by atoms with Crippen LogP contribution in [0.5, 0.6) is 0 Å². The quantitative estimate of drug-likeness (QED) is 0.648. The summed E-state index contributed by atoms with van der Waals surface area (Å²) in [6.45, 7) is 3.44. The van der Waals surface area contributed by atoms with Crippen LogP contribution in [-0.2, 0) is 13.1 Å². The number of nitro groups is 1. The largest absolute Gasteiger partial charge is 0.348 e. The third kappa shape index (κ3) is 4.22. The molecule has 0 aromatic heterocycles. The second kappa shape index (κ2) is 7.90. The van der Waals surface area contributed by atoms with Gasteiger partial charge in [-0.15, -0.1) is 0 Å². The van der Waals surface area contributed by atoms with Crippen LogP contribution in [0, 0.1) is 10.1 Å². The number of benzene rings is 2. The first-order valence-electron chi connectivity index (χ1n) is 8.46. The molecule has 0 saturated carbocycles. The third-order valence-electron chi connectivity index (χ3n) is 4.50. The molecule has 1 aliphatic rings. The molecule has 1 fully saturated rings. The molecule has 2 aromatic carbocycles. The predicted octanol–water partition coefficient (Wildman–Crippen LogP) is 3.12. The molecule has 2 aromatic rings. The molecule has 0 bridgehead atoms. The summed E-state index contributed by atoms with van der Waals surface area (Å²) in [6, 6.07) is 14.0. The molecule has 1 aliphatic heterocycles. The van der Waals surface area contributed by atoms with Crippen LogP contribution in [0.4, 0.5) is 5.69 Å². The molecule has 1 amide bonds. The number of nitrogens with zero attached hydrogens (tertiary/aromatic N) is 2. The lowest BCUT2D eigenvalue weighted by Gasteiger charge is -2.17. The zero-order valence-corrected chi connectivity index (χ0v) is 14.0. The highest BCUT2D eigenvalue weighted by Crippen LogP contribution is 2.19. The standard InChI is InChI=1S/C19H21N3O3/c23-19(17-9-3-4-10-18(17)22(24)25)20-13-15-7-1-2-8-16(15)14-21-11-5-6-12-21/h1-4,7-10H,5-6,11-14H2,(H,20,23). The minimum atomic E-state index is -0.532. The van der Waals surface area contributed by atoms with Crippen molar-refractivity contribution >= 4 is 11.6 Å². The molecule has 0 radical (unpaired) electrons. The maximum atomic E-state index is 12.4. The van der Waals surface area contributed by atoms with E-state index in [1.165, 1.54) is 30.5 Å². The number of rotatable bonds is 6. The third-order valence-corrected chi connectivity index (χ3v) is 4.50. The van der Waals surface area contributed by atoms with E-state index in [1.54, 1.807) is 12.1 Å². The second-order valence-corrected chi connectivity index (χ2v) is 6.21. The number of nitrogens with one attached hydrogen (secondary N) is 1. The summed E-state index contributed by atoms with van der Waals surface area (Å²) >= 11 is 0. The minimum absolute atomic E-state index is 0.0875. The van der Waals surface area contributed by atoms with Crippen molar-refractivity contribution in [3.63, 3.8) is 0 Å². The van der Waals surface area contributed by atoms with Crippen molar-refractivity contribution in [1.82, 2.24) is 10.2 Å². The monoisotopic (exact) mass is 339 g/mol. The Bertz CT molecular complexity index is 770. The van der Waals surface area contributed by atoms with Crippen LogP contribution in [0.25, 0.3) is 0 Å². The smallest absolute Gasteiger partial charge is 0.282 e. The van der Waals surface area contributed by atoms with Gasteiger partial charge in [-0.2, -0.15) is 0 Å². The van der Waals surface area contributed by atoms with Crippen LogP contribution >= 0.6 is 0 Å². The van der Waals surface area contributed by atoms with E-state index in [0.717, 1.165) is 25.2 Å². The van der Waals surface area contributed by atoms with Gasteiger partial charge in [0.2, 0.25) is 0 Å². The minimum Gasteiger partial charge on any atom is -0.348 e. The Balaban J connectivity index is 1.69. The van der Waals surface area contributed by atoms with E-state index in [1.807, 2.05) is 18.2 Å². The summed E-state index contributed by atoms with van der Waals surface area (Å²) in [4.78, 5) is 25.3. The zero-order valence-electron chi connectivity index (χ0n) is 14.0.